The predicted octanol–water partition coefficient (Wildman–Crippen LogP) is 5.02. The molecule has 7 heteroatoms. The number of benzene rings is 3. The van der Waals surface area contributed by atoms with Crippen LogP contribution >= 0.6 is 0 Å². The maximum atomic E-state index is 13.1. The van der Waals surface area contributed by atoms with Crippen molar-refractivity contribution in [3.05, 3.63) is 105 Å². The van der Waals surface area contributed by atoms with E-state index in [-0.39, 0.29) is 0 Å². The number of rotatable bonds is 7. The number of fused-ring (bicyclic) bond motifs is 1. The van der Waals surface area contributed by atoms with Crippen molar-refractivity contribution < 1.29 is 23.5 Å². The minimum atomic E-state index is -1.16. The highest BCUT2D eigenvalue weighted by Gasteiger charge is 2.26. The van der Waals surface area contributed by atoms with Gasteiger partial charge in [-0.3, -0.25) is 4.79 Å². The van der Waals surface area contributed by atoms with Crippen LogP contribution in [-0.4, -0.2) is 18.5 Å². The zero-order chi connectivity index (χ0) is 24.9. The Hall–Kier alpha value is -4.39. The molecule has 35 heavy (non-hydrogen) atoms. The second-order valence-corrected chi connectivity index (χ2v) is 8.28. The minimum Gasteiger partial charge on any atom is -0.482 e. The molecule has 7 nitrogen and oxygen atoms in total. The summed E-state index contributed by atoms with van der Waals surface area (Å²) in [5.41, 5.74) is 3.74. The van der Waals surface area contributed by atoms with Crippen LogP contribution in [0.25, 0.3) is 11.0 Å². The third-order valence-electron chi connectivity index (χ3n) is 5.52. The van der Waals surface area contributed by atoms with Crippen LogP contribution in [0.2, 0.25) is 0 Å². The van der Waals surface area contributed by atoms with Crippen molar-refractivity contribution in [2.75, 3.05) is 11.9 Å². The molecule has 0 aliphatic carbocycles. The molecule has 0 bridgehead atoms. The molecular formula is C28H25NO6. The zero-order valence-corrected chi connectivity index (χ0v) is 19.7. The standard InChI is InChI=1S/C28H25NO6/c1-17-9-10-18(2)23(13-17)29-28(32)27(20-7-5-4-6-8-20)35-26(31)16-33-21-11-12-22-19(3)14-25(30)34-24(22)15-21/h4-15,27H,16H2,1-3H3,(H,29,32). The topological polar surface area (TPSA) is 94.8 Å². The third kappa shape index (κ3) is 5.76. The van der Waals surface area contributed by atoms with Crippen LogP contribution in [0.15, 0.2) is 82.0 Å². The molecule has 0 fully saturated rings. The van der Waals surface area contributed by atoms with Gasteiger partial charge in [-0.2, -0.15) is 0 Å². The van der Waals surface area contributed by atoms with Crippen molar-refractivity contribution in [3.63, 3.8) is 0 Å². The lowest BCUT2D eigenvalue weighted by molar-refractivity contribution is -0.156. The number of amides is 1. The van der Waals surface area contributed by atoms with Crippen molar-refractivity contribution in [1.82, 2.24) is 0 Å². The van der Waals surface area contributed by atoms with Gasteiger partial charge in [0.25, 0.3) is 5.91 Å². The van der Waals surface area contributed by atoms with E-state index in [1.807, 2.05) is 45.0 Å². The number of aryl methyl sites for hydroxylation is 3. The fourth-order valence-corrected chi connectivity index (χ4v) is 3.67. The normalized spacial score (nSPS) is 11.6. The van der Waals surface area contributed by atoms with E-state index >= 15 is 0 Å². The highest BCUT2D eigenvalue weighted by molar-refractivity contribution is 5.96. The van der Waals surface area contributed by atoms with Crippen molar-refractivity contribution in [2.24, 2.45) is 0 Å². The fraction of sp³-hybridized carbons (Fsp3) is 0.179. The maximum absolute atomic E-state index is 13.1. The van der Waals surface area contributed by atoms with Gasteiger partial charge in [0.2, 0.25) is 6.10 Å². The summed E-state index contributed by atoms with van der Waals surface area (Å²) in [4.78, 5) is 37.4. The first-order valence-electron chi connectivity index (χ1n) is 11.1. The first-order chi connectivity index (χ1) is 16.8. The molecule has 4 rings (SSSR count). The average Bonchev–Trinajstić information content (AvgIpc) is 2.83. The van der Waals surface area contributed by atoms with E-state index in [9.17, 15) is 14.4 Å². The van der Waals surface area contributed by atoms with E-state index < -0.39 is 30.2 Å². The van der Waals surface area contributed by atoms with Gasteiger partial charge in [-0.1, -0.05) is 42.5 Å². The van der Waals surface area contributed by atoms with Crippen LogP contribution in [0.1, 0.15) is 28.4 Å². The van der Waals surface area contributed by atoms with Crippen molar-refractivity contribution in [2.45, 2.75) is 26.9 Å². The molecule has 0 radical (unpaired) electrons. The monoisotopic (exact) mass is 471 g/mol. The molecular weight excluding hydrogens is 446 g/mol. The van der Waals surface area contributed by atoms with Crippen LogP contribution in [0.3, 0.4) is 0 Å². The molecule has 1 aromatic heterocycles. The Labute approximate surface area is 202 Å². The Kier molecular flexibility index (Phi) is 6.96. The van der Waals surface area contributed by atoms with Gasteiger partial charge < -0.3 is 19.2 Å². The van der Waals surface area contributed by atoms with Crippen LogP contribution in [0, 0.1) is 20.8 Å². The van der Waals surface area contributed by atoms with Gasteiger partial charge in [-0.25, -0.2) is 9.59 Å². The van der Waals surface area contributed by atoms with Gasteiger partial charge in [-0.05, 0) is 55.7 Å². The third-order valence-corrected chi connectivity index (χ3v) is 5.52. The first kappa shape index (κ1) is 23.8. The molecule has 0 spiro atoms. The summed E-state index contributed by atoms with van der Waals surface area (Å²) in [7, 11) is 0. The minimum absolute atomic E-state index is 0.333. The summed E-state index contributed by atoms with van der Waals surface area (Å²) in [6.45, 7) is 5.20. The van der Waals surface area contributed by atoms with E-state index in [4.69, 9.17) is 13.9 Å². The largest absolute Gasteiger partial charge is 0.482 e. The summed E-state index contributed by atoms with van der Waals surface area (Å²) in [6, 6.07) is 20.9. The summed E-state index contributed by atoms with van der Waals surface area (Å²) in [6.07, 6.45) is -1.16. The molecule has 1 heterocycles. The Bertz CT molecular complexity index is 1440. The first-order valence-corrected chi connectivity index (χ1v) is 11.1. The summed E-state index contributed by atoms with van der Waals surface area (Å²) in [5, 5.41) is 3.63. The van der Waals surface area contributed by atoms with Crippen molar-refractivity contribution >= 4 is 28.5 Å². The van der Waals surface area contributed by atoms with Crippen LogP contribution < -0.4 is 15.7 Å². The highest BCUT2D eigenvalue weighted by atomic mass is 16.6. The Balaban J connectivity index is 1.48. The van der Waals surface area contributed by atoms with Gasteiger partial charge in [-0.15, -0.1) is 0 Å². The Morgan fingerprint density at radius 3 is 2.46 bits per heavy atom. The molecule has 1 N–H and O–H groups in total. The lowest BCUT2D eigenvalue weighted by Gasteiger charge is -2.19. The van der Waals surface area contributed by atoms with Gasteiger partial charge in [0.1, 0.15) is 11.3 Å². The van der Waals surface area contributed by atoms with E-state index in [0.29, 0.717) is 22.6 Å². The van der Waals surface area contributed by atoms with Crippen molar-refractivity contribution in [3.8, 4) is 5.75 Å². The van der Waals surface area contributed by atoms with Gasteiger partial charge in [0.05, 0.1) is 0 Å². The second kappa shape index (κ2) is 10.3. The predicted molar refractivity (Wildman–Crippen MR) is 133 cm³/mol. The summed E-state index contributed by atoms with van der Waals surface area (Å²) < 4.78 is 16.3. The number of esters is 1. The van der Waals surface area contributed by atoms with Gasteiger partial charge in [0.15, 0.2) is 6.61 Å². The summed E-state index contributed by atoms with van der Waals surface area (Å²) in [5.74, 6) is -0.860. The molecule has 0 aliphatic rings. The molecule has 1 atom stereocenters. The lowest BCUT2D eigenvalue weighted by Crippen LogP contribution is -2.28. The Morgan fingerprint density at radius 2 is 1.69 bits per heavy atom. The maximum Gasteiger partial charge on any atom is 0.345 e. The number of hydrogen-bond acceptors (Lipinski definition) is 6. The molecule has 0 aliphatic heterocycles. The number of anilines is 1. The lowest BCUT2D eigenvalue weighted by atomic mass is 10.1. The number of nitrogens with one attached hydrogen (secondary N) is 1. The average molecular weight is 472 g/mol. The van der Waals surface area contributed by atoms with Crippen LogP contribution in [0.4, 0.5) is 5.69 Å². The second-order valence-electron chi connectivity index (χ2n) is 8.28. The number of carbonyl (C=O) groups is 2. The van der Waals surface area contributed by atoms with E-state index in [1.165, 1.54) is 6.07 Å². The smallest absolute Gasteiger partial charge is 0.345 e. The highest BCUT2D eigenvalue weighted by Crippen LogP contribution is 2.24. The molecule has 4 aromatic rings. The van der Waals surface area contributed by atoms with E-state index in [0.717, 1.165) is 22.1 Å². The summed E-state index contributed by atoms with van der Waals surface area (Å²) >= 11 is 0. The van der Waals surface area contributed by atoms with E-state index in [1.54, 1.807) is 42.5 Å². The van der Waals surface area contributed by atoms with E-state index in [2.05, 4.69) is 5.32 Å². The van der Waals surface area contributed by atoms with Crippen LogP contribution in [-0.2, 0) is 14.3 Å². The fourth-order valence-electron chi connectivity index (χ4n) is 3.67. The van der Waals surface area contributed by atoms with Crippen LogP contribution in [0.5, 0.6) is 5.75 Å². The molecule has 1 unspecified atom stereocenters. The molecule has 0 saturated heterocycles. The molecule has 178 valence electrons. The quantitative estimate of drug-likeness (QED) is 0.300. The number of carbonyl (C=O) groups excluding carboxylic acids is 2. The zero-order valence-electron chi connectivity index (χ0n) is 19.7. The van der Waals surface area contributed by atoms with Gasteiger partial charge in [0, 0.05) is 28.8 Å². The number of hydrogen-bond donors (Lipinski definition) is 1. The van der Waals surface area contributed by atoms with Crippen molar-refractivity contribution in [1.29, 1.82) is 0 Å². The number of ether oxygens (including phenoxy) is 2. The molecule has 0 saturated carbocycles. The Morgan fingerprint density at radius 1 is 0.914 bits per heavy atom. The molecule has 1 amide bonds. The molecule has 3 aromatic carbocycles. The van der Waals surface area contributed by atoms with Gasteiger partial charge >= 0.3 is 11.6 Å². The SMILES string of the molecule is Cc1ccc(C)c(NC(=O)C(OC(=O)COc2ccc3c(C)cc(=O)oc3c2)c2ccccc2)c1.